The number of aromatic carboxylic acids is 2. The summed E-state index contributed by atoms with van der Waals surface area (Å²) in [5.74, 6) is -8.61. The Balaban J connectivity index is 1.79. The summed E-state index contributed by atoms with van der Waals surface area (Å²) in [5.41, 5.74) is -1.08. The van der Waals surface area contributed by atoms with Crippen LogP contribution in [-0.2, 0) is 0 Å². The number of aromatic hydroxyl groups is 4. The molecule has 0 heterocycles. The van der Waals surface area contributed by atoms with Crippen LogP contribution in [0.1, 0.15) is 86.6 Å². The highest BCUT2D eigenvalue weighted by molar-refractivity contribution is 6.18. The molecule has 0 bridgehead atoms. The van der Waals surface area contributed by atoms with Crippen molar-refractivity contribution in [3.63, 3.8) is 0 Å². The monoisotopic (exact) mass is 538 g/mol. The van der Waals surface area contributed by atoms with Crippen LogP contribution in [0.4, 0.5) is 0 Å². The second-order valence-corrected chi connectivity index (χ2v) is 9.63. The van der Waals surface area contributed by atoms with E-state index in [-0.39, 0.29) is 55.6 Å². The molecule has 0 aliphatic heterocycles. The van der Waals surface area contributed by atoms with Crippen LogP contribution in [0.3, 0.4) is 0 Å². The minimum absolute atomic E-state index is 0.0420. The minimum Gasteiger partial charge on any atom is -0.507 e. The number of phenols is 4. The van der Waals surface area contributed by atoms with Crippen LogP contribution >= 0.6 is 0 Å². The molecule has 2 aliphatic carbocycles. The van der Waals surface area contributed by atoms with Crippen LogP contribution in [0.15, 0.2) is 60.7 Å². The zero-order valence-electron chi connectivity index (χ0n) is 20.2. The Morgan fingerprint density at radius 3 is 1.20 bits per heavy atom. The maximum Gasteiger partial charge on any atom is 0.335 e. The molecule has 0 fully saturated rings. The first-order chi connectivity index (χ1) is 19.0. The summed E-state index contributed by atoms with van der Waals surface area (Å²) in [6.45, 7) is 0. The van der Waals surface area contributed by atoms with Gasteiger partial charge < -0.3 is 30.6 Å². The molecule has 4 aromatic rings. The number of fused-ring (bicyclic) bond motifs is 4. The number of ketones is 2. The number of carbonyl (C=O) groups is 4. The largest absolute Gasteiger partial charge is 0.507 e. The van der Waals surface area contributed by atoms with Crippen molar-refractivity contribution in [3.05, 3.63) is 116 Å². The molecular weight excluding hydrogens is 520 g/mol. The van der Waals surface area contributed by atoms with Crippen molar-refractivity contribution < 1.29 is 49.8 Å². The second-order valence-electron chi connectivity index (χ2n) is 9.63. The quantitative estimate of drug-likeness (QED) is 0.223. The fourth-order valence-electron chi connectivity index (χ4n) is 5.96. The van der Waals surface area contributed by atoms with Gasteiger partial charge in [0.25, 0.3) is 0 Å². The Bertz CT molecular complexity index is 1720. The molecule has 0 aromatic heterocycles. The first kappa shape index (κ1) is 24.7. The van der Waals surface area contributed by atoms with E-state index < -0.39 is 58.3 Å². The molecule has 2 atom stereocenters. The minimum atomic E-state index is -1.39. The van der Waals surface area contributed by atoms with Gasteiger partial charge in [0, 0.05) is 11.8 Å². The number of benzene rings is 4. The van der Waals surface area contributed by atoms with E-state index in [2.05, 4.69) is 0 Å². The topological polar surface area (TPSA) is 190 Å². The number of carboxylic acids is 2. The Morgan fingerprint density at radius 1 is 0.500 bits per heavy atom. The molecule has 0 spiro atoms. The van der Waals surface area contributed by atoms with E-state index in [1.807, 2.05) is 0 Å². The van der Waals surface area contributed by atoms with Crippen LogP contribution in [0.25, 0.3) is 0 Å². The van der Waals surface area contributed by atoms with Gasteiger partial charge in [-0.15, -0.1) is 0 Å². The summed E-state index contributed by atoms with van der Waals surface area (Å²) < 4.78 is 0. The first-order valence-corrected chi connectivity index (χ1v) is 11.9. The van der Waals surface area contributed by atoms with E-state index in [4.69, 9.17) is 0 Å². The Kier molecular flexibility index (Phi) is 5.20. The van der Waals surface area contributed by atoms with Gasteiger partial charge in [0.05, 0.1) is 33.4 Å². The summed E-state index contributed by atoms with van der Waals surface area (Å²) in [5, 5.41) is 62.6. The van der Waals surface area contributed by atoms with Crippen molar-refractivity contribution in [2.45, 2.75) is 11.8 Å². The van der Waals surface area contributed by atoms with E-state index in [0.717, 1.165) is 12.1 Å². The van der Waals surface area contributed by atoms with Crippen LogP contribution in [0.2, 0.25) is 0 Å². The normalized spacial score (nSPS) is 16.9. The number of carboxylic acid groups (broad SMARTS) is 2. The maximum absolute atomic E-state index is 13.6. The van der Waals surface area contributed by atoms with Gasteiger partial charge in [0.15, 0.2) is 0 Å². The Hall–Kier alpha value is -5.64. The Labute approximate surface area is 224 Å². The van der Waals surface area contributed by atoms with Crippen molar-refractivity contribution in [1.29, 1.82) is 0 Å². The summed E-state index contributed by atoms with van der Waals surface area (Å²) in [6, 6.07) is 12.7. The average molecular weight is 538 g/mol. The molecule has 198 valence electrons. The number of rotatable bonds is 3. The standard InChI is InChI=1S/C30H18O10/c31-17-5-1-3-13-21(15-7-11(29(37)38)9-19(33)25(15)27(35)23(13)17)22-14-4-2-6-18(32)24(14)28(36)26-16(22)8-12(30(39)40)10-20(26)34/h1-10,21-22,31-34H,(H,37,38)(H,39,40)/t21-,22-/m0/s1. The van der Waals surface area contributed by atoms with Gasteiger partial charge in [0.2, 0.25) is 11.6 Å². The molecule has 0 radical (unpaired) electrons. The van der Waals surface area contributed by atoms with Crippen LogP contribution in [0.5, 0.6) is 23.0 Å². The van der Waals surface area contributed by atoms with Crippen LogP contribution in [0, 0.1) is 0 Å². The van der Waals surface area contributed by atoms with Gasteiger partial charge in [-0.25, -0.2) is 9.59 Å². The van der Waals surface area contributed by atoms with Crippen molar-refractivity contribution in [2.75, 3.05) is 0 Å². The number of carbonyl (C=O) groups excluding carboxylic acids is 2. The predicted molar refractivity (Wildman–Crippen MR) is 137 cm³/mol. The predicted octanol–water partition coefficient (Wildman–Crippen LogP) is 3.96. The van der Waals surface area contributed by atoms with E-state index >= 15 is 0 Å². The molecule has 6 N–H and O–H groups in total. The third kappa shape index (κ3) is 3.29. The molecule has 2 aliphatic rings. The fraction of sp³-hybridized carbons (Fsp3) is 0.0667. The van der Waals surface area contributed by atoms with E-state index in [9.17, 15) is 49.8 Å². The zero-order valence-corrected chi connectivity index (χ0v) is 20.2. The number of hydrogen-bond acceptors (Lipinski definition) is 8. The zero-order chi connectivity index (χ0) is 28.6. The molecule has 40 heavy (non-hydrogen) atoms. The third-order valence-corrected chi connectivity index (χ3v) is 7.52. The second kappa shape index (κ2) is 8.43. The summed E-state index contributed by atoms with van der Waals surface area (Å²) in [4.78, 5) is 51.0. The van der Waals surface area contributed by atoms with Crippen molar-refractivity contribution in [1.82, 2.24) is 0 Å². The van der Waals surface area contributed by atoms with Gasteiger partial charge >= 0.3 is 11.9 Å². The highest BCUT2D eigenvalue weighted by Crippen LogP contribution is 2.55. The SMILES string of the molecule is O=C(O)c1cc(O)c2c(c1)[C@@H]([C@H]1c3cccc(O)c3C(=O)c3c(O)cc(C(=O)O)cc31)c1cccc(O)c1C2=O. The van der Waals surface area contributed by atoms with E-state index in [1.54, 1.807) is 0 Å². The highest BCUT2D eigenvalue weighted by atomic mass is 16.4. The lowest BCUT2D eigenvalue weighted by atomic mass is 9.63. The summed E-state index contributed by atoms with van der Waals surface area (Å²) in [6.07, 6.45) is 0. The smallest absolute Gasteiger partial charge is 0.335 e. The molecule has 10 nitrogen and oxygen atoms in total. The Morgan fingerprint density at radius 2 is 0.850 bits per heavy atom. The maximum atomic E-state index is 13.6. The number of hydrogen-bond donors (Lipinski definition) is 6. The van der Waals surface area contributed by atoms with Crippen molar-refractivity contribution in [3.8, 4) is 23.0 Å². The lowest BCUT2D eigenvalue weighted by Crippen LogP contribution is -2.30. The van der Waals surface area contributed by atoms with Crippen LogP contribution < -0.4 is 0 Å². The lowest BCUT2D eigenvalue weighted by Gasteiger charge is -2.38. The molecular formula is C30H18O10. The molecule has 0 saturated heterocycles. The van der Waals surface area contributed by atoms with Gasteiger partial charge in [-0.3, -0.25) is 9.59 Å². The molecule has 6 rings (SSSR count). The lowest BCUT2D eigenvalue weighted by molar-refractivity contribution is 0.0685. The fourth-order valence-corrected chi connectivity index (χ4v) is 5.96. The van der Waals surface area contributed by atoms with E-state index in [0.29, 0.717) is 0 Å². The molecule has 10 heteroatoms. The van der Waals surface area contributed by atoms with E-state index in [1.165, 1.54) is 48.5 Å². The summed E-state index contributed by atoms with van der Waals surface area (Å²) in [7, 11) is 0. The van der Waals surface area contributed by atoms with Gasteiger partial charge in [-0.2, -0.15) is 0 Å². The van der Waals surface area contributed by atoms with Crippen molar-refractivity contribution >= 4 is 23.5 Å². The summed E-state index contributed by atoms with van der Waals surface area (Å²) >= 11 is 0. The molecule has 0 amide bonds. The average Bonchev–Trinajstić information content (AvgIpc) is 2.89. The molecule has 4 aromatic carbocycles. The van der Waals surface area contributed by atoms with Gasteiger partial charge in [-0.1, -0.05) is 24.3 Å². The number of phenolic OH excluding ortho intramolecular Hbond substituents is 4. The van der Waals surface area contributed by atoms with Crippen molar-refractivity contribution in [2.24, 2.45) is 0 Å². The first-order valence-electron chi connectivity index (χ1n) is 11.9. The highest BCUT2D eigenvalue weighted by Gasteiger charge is 2.45. The van der Waals surface area contributed by atoms with Crippen LogP contribution in [-0.4, -0.2) is 54.1 Å². The molecule has 0 saturated carbocycles. The van der Waals surface area contributed by atoms with Gasteiger partial charge in [-0.05, 0) is 58.7 Å². The third-order valence-electron chi connectivity index (χ3n) is 7.52. The molecule has 0 unspecified atom stereocenters. The van der Waals surface area contributed by atoms with Gasteiger partial charge in [0.1, 0.15) is 23.0 Å².